The molecule has 1 atom stereocenters. The van der Waals surface area contributed by atoms with Gasteiger partial charge >= 0.3 is 11.9 Å². The minimum atomic E-state index is -0.504. The van der Waals surface area contributed by atoms with E-state index in [9.17, 15) is 9.59 Å². The van der Waals surface area contributed by atoms with E-state index in [2.05, 4.69) is 6.58 Å². The molecule has 0 spiro atoms. The number of carbonyl (C=O) groups excluding carboxylic acids is 2. The van der Waals surface area contributed by atoms with Crippen LogP contribution in [0.2, 0.25) is 0 Å². The van der Waals surface area contributed by atoms with Crippen molar-refractivity contribution in [3.05, 3.63) is 71.8 Å². The van der Waals surface area contributed by atoms with E-state index in [1.54, 1.807) is 42.5 Å². The van der Waals surface area contributed by atoms with Crippen LogP contribution >= 0.6 is 0 Å². The van der Waals surface area contributed by atoms with Crippen LogP contribution in [0.3, 0.4) is 0 Å². The summed E-state index contributed by atoms with van der Waals surface area (Å²) in [7, 11) is 0. The van der Waals surface area contributed by atoms with E-state index in [0.29, 0.717) is 17.7 Å². The Balaban J connectivity index is 1.67. The molecule has 24 heavy (non-hydrogen) atoms. The van der Waals surface area contributed by atoms with Gasteiger partial charge in [0, 0.05) is 0 Å². The molecule has 0 amide bonds. The van der Waals surface area contributed by atoms with Crippen LogP contribution < -0.4 is 4.74 Å². The molecule has 1 aliphatic heterocycles. The SMILES string of the molecule is C=Cc1cccc(C(=O)Oc2cccc(C(=O)OCC3CO3)c2)c1. The highest BCUT2D eigenvalue weighted by atomic mass is 16.6. The van der Waals surface area contributed by atoms with Crippen molar-refractivity contribution in [2.75, 3.05) is 13.2 Å². The summed E-state index contributed by atoms with van der Waals surface area (Å²) in [5, 5.41) is 0. The second-order valence-electron chi connectivity index (χ2n) is 5.30. The Morgan fingerprint density at radius 2 is 1.83 bits per heavy atom. The standard InChI is InChI=1S/C19H16O5/c1-2-13-5-3-6-14(9-13)19(21)24-16-8-4-7-15(10-16)18(20)23-12-17-11-22-17/h2-10,17H,1,11-12H2. The lowest BCUT2D eigenvalue weighted by molar-refractivity contribution is 0.0475. The molecule has 1 aliphatic rings. The Kier molecular flexibility index (Phi) is 4.72. The average molecular weight is 324 g/mol. The third kappa shape index (κ3) is 4.08. The predicted octanol–water partition coefficient (Wildman–Crippen LogP) is 3.10. The molecule has 2 aromatic rings. The summed E-state index contributed by atoms with van der Waals surface area (Å²) in [5.41, 5.74) is 1.55. The van der Waals surface area contributed by atoms with Gasteiger partial charge in [0.2, 0.25) is 0 Å². The molecule has 5 heteroatoms. The topological polar surface area (TPSA) is 65.1 Å². The van der Waals surface area contributed by atoms with E-state index < -0.39 is 11.9 Å². The van der Waals surface area contributed by atoms with Crippen molar-refractivity contribution in [2.45, 2.75) is 6.10 Å². The zero-order valence-corrected chi connectivity index (χ0v) is 12.9. The van der Waals surface area contributed by atoms with Crippen LogP contribution in [0, 0.1) is 0 Å². The number of rotatable bonds is 6. The number of hydrogen-bond acceptors (Lipinski definition) is 5. The van der Waals surface area contributed by atoms with E-state index in [-0.39, 0.29) is 18.5 Å². The smallest absolute Gasteiger partial charge is 0.343 e. The van der Waals surface area contributed by atoms with Crippen molar-refractivity contribution in [1.82, 2.24) is 0 Å². The van der Waals surface area contributed by atoms with E-state index in [1.807, 2.05) is 6.07 Å². The first kappa shape index (κ1) is 16.0. The van der Waals surface area contributed by atoms with Crippen molar-refractivity contribution in [3.63, 3.8) is 0 Å². The van der Waals surface area contributed by atoms with Gasteiger partial charge in [0.1, 0.15) is 18.5 Å². The largest absolute Gasteiger partial charge is 0.459 e. The maximum Gasteiger partial charge on any atom is 0.343 e. The highest BCUT2D eigenvalue weighted by molar-refractivity contribution is 5.93. The first-order valence-electron chi connectivity index (χ1n) is 7.49. The highest BCUT2D eigenvalue weighted by Crippen LogP contribution is 2.18. The summed E-state index contributed by atoms with van der Waals surface area (Å²) in [5.74, 6) is -0.700. The summed E-state index contributed by atoms with van der Waals surface area (Å²) < 4.78 is 15.4. The number of carbonyl (C=O) groups is 2. The molecule has 1 saturated heterocycles. The molecule has 1 fully saturated rings. The molecule has 0 bridgehead atoms. The van der Waals surface area contributed by atoms with Gasteiger partial charge < -0.3 is 14.2 Å². The van der Waals surface area contributed by atoms with E-state index in [4.69, 9.17) is 14.2 Å². The van der Waals surface area contributed by atoms with Crippen LogP contribution in [0.5, 0.6) is 5.75 Å². The minimum Gasteiger partial charge on any atom is -0.459 e. The van der Waals surface area contributed by atoms with Crippen LogP contribution in [0.25, 0.3) is 6.08 Å². The third-order valence-corrected chi connectivity index (χ3v) is 3.44. The summed E-state index contributed by atoms with van der Waals surface area (Å²) in [6, 6.07) is 13.2. The van der Waals surface area contributed by atoms with Crippen molar-refractivity contribution >= 4 is 18.0 Å². The number of hydrogen-bond donors (Lipinski definition) is 0. The maximum atomic E-state index is 12.2. The average Bonchev–Trinajstić information content (AvgIpc) is 3.44. The highest BCUT2D eigenvalue weighted by Gasteiger charge is 2.24. The molecule has 0 aromatic heterocycles. The van der Waals surface area contributed by atoms with Crippen LogP contribution in [-0.4, -0.2) is 31.3 Å². The first-order valence-corrected chi connectivity index (χ1v) is 7.49. The van der Waals surface area contributed by atoms with Gasteiger partial charge in [-0.1, -0.05) is 30.9 Å². The van der Waals surface area contributed by atoms with Crippen molar-refractivity contribution < 1.29 is 23.8 Å². The van der Waals surface area contributed by atoms with Crippen molar-refractivity contribution in [1.29, 1.82) is 0 Å². The van der Waals surface area contributed by atoms with E-state index in [0.717, 1.165) is 5.56 Å². The van der Waals surface area contributed by atoms with Gasteiger partial charge in [0.05, 0.1) is 17.7 Å². The Labute approximate surface area is 139 Å². The third-order valence-electron chi connectivity index (χ3n) is 3.44. The van der Waals surface area contributed by atoms with E-state index in [1.165, 1.54) is 6.07 Å². The summed E-state index contributed by atoms with van der Waals surface area (Å²) >= 11 is 0. The van der Waals surface area contributed by atoms with Crippen LogP contribution in [-0.2, 0) is 9.47 Å². The predicted molar refractivity (Wildman–Crippen MR) is 88.0 cm³/mol. The first-order chi connectivity index (χ1) is 11.7. The van der Waals surface area contributed by atoms with Crippen molar-refractivity contribution in [2.24, 2.45) is 0 Å². The normalized spacial score (nSPS) is 15.4. The van der Waals surface area contributed by atoms with Gasteiger partial charge in [-0.2, -0.15) is 0 Å². The zero-order chi connectivity index (χ0) is 16.9. The van der Waals surface area contributed by atoms with Crippen molar-refractivity contribution in [3.8, 4) is 5.75 Å². The molecule has 2 aromatic carbocycles. The van der Waals surface area contributed by atoms with Gasteiger partial charge in [-0.3, -0.25) is 0 Å². The van der Waals surface area contributed by atoms with Gasteiger partial charge in [-0.25, -0.2) is 9.59 Å². The summed E-state index contributed by atoms with van der Waals surface area (Å²) in [6.45, 7) is 4.52. The molecular formula is C19H16O5. The molecule has 0 aliphatic carbocycles. The molecular weight excluding hydrogens is 308 g/mol. The number of esters is 2. The molecule has 5 nitrogen and oxygen atoms in total. The summed E-state index contributed by atoms with van der Waals surface area (Å²) in [6.07, 6.45) is 1.66. The molecule has 0 N–H and O–H groups in total. The quantitative estimate of drug-likeness (QED) is 0.464. The molecule has 1 heterocycles. The summed E-state index contributed by atoms with van der Waals surface area (Å²) in [4.78, 5) is 24.1. The van der Waals surface area contributed by atoms with E-state index >= 15 is 0 Å². The lowest BCUT2D eigenvalue weighted by atomic mass is 10.1. The van der Waals surface area contributed by atoms with Gasteiger partial charge in [-0.15, -0.1) is 0 Å². The number of benzene rings is 2. The second kappa shape index (κ2) is 7.10. The van der Waals surface area contributed by atoms with Crippen LogP contribution in [0.15, 0.2) is 55.1 Å². The monoisotopic (exact) mass is 324 g/mol. The van der Waals surface area contributed by atoms with Gasteiger partial charge in [0.25, 0.3) is 0 Å². The molecule has 0 saturated carbocycles. The molecule has 0 radical (unpaired) electrons. The second-order valence-corrected chi connectivity index (χ2v) is 5.30. The van der Waals surface area contributed by atoms with Crippen LogP contribution in [0.1, 0.15) is 26.3 Å². The number of epoxide rings is 1. The maximum absolute atomic E-state index is 12.2. The fourth-order valence-electron chi connectivity index (χ4n) is 2.06. The number of ether oxygens (including phenoxy) is 3. The lowest BCUT2D eigenvalue weighted by Gasteiger charge is -2.07. The Bertz CT molecular complexity index is 777. The Morgan fingerprint density at radius 1 is 1.12 bits per heavy atom. The molecule has 1 unspecified atom stereocenters. The Morgan fingerprint density at radius 3 is 2.54 bits per heavy atom. The van der Waals surface area contributed by atoms with Crippen LogP contribution in [0.4, 0.5) is 0 Å². The zero-order valence-electron chi connectivity index (χ0n) is 12.9. The molecule has 3 rings (SSSR count). The van der Waals surface area contributed by atoms with Gasteiger partial charge in [-0.05, 0) is 35.9 Å². The molecule has 122 valence electrons. The fourth-order valence-corrected chi connectivity index (χ4v) is 2.06. The fraction of sp³-hybridized carbons (Fsp3) is 0.158. The van der Waals surface area contributed by atoms with Gasteiger partial charge in [0.15, 0.2) is 0 Å². The Hall–Kier alpha value is -2.92. The minimum absolute atomic E-state index is 0.00657. The lowest BCUT2D eigenvalue weighted by Crippen LogP contribution is -2.11.